The molecule has 8 nitrogen and oxygen atoms in total. The molecule has 0 radical (unpaired) electrons. The Morgan fingerprint density at radius 3 is 2.64 bits per heavy atom. The predicted octanol–water partition coefficient (Wildman–Crippen LogP) is 2.52. The molecule has 2 aromatic carbocycles. The molecule has 1 N–H and O–H groups in total. The Morgan fingerprint density at radius 2 is 1.88 bits per heavy atom. The molecule has 0 amide bonds. The van der Waals surface area contributed by atoms with Crippen molar-refractivity contribution in [3.8, 4) is 17.1 Å². The average molecular weight is 438 g/mol. The fraction of sp³-hybridized carbons (Fsp3) is 0.200. The van der Waals surface area contributed by atoms with Crippen molar-refractivity contribution >= 4 is 5.65 Å². The van der Waals surface area contributed by atoms with Gasteiger partial charge in [-0.3, -0.25) is 9.36 Å². The third-order valence-electron chi connectivity index (χ3n) is 6.27. The maximum absolute atomic E-state index is 13.8. The molecular weight excluding hydrogens is 414 g/mol. The summed E-state index contributed by atoms with van der Waals surface area (Å²) in [6.45, 7) is 1.43. The quantitative estimate of drug-likeness (QED) is 0.467. The summed E-state index contributed by atoms with van der Waals surface area (Å²) in [5.41, 5.74) is 6.58. The van der Waals surface area contributed by atoms with Crippen molar-refractivity contribution < 1.29 is 0 Å². The van der Waals surface area contributed by atoms with E-state index in [0.29, 0.717) is 19.4 Å². The van der Waals surface area contributed by atoms with Gasteiger partial charge in [0.25, 0.3) is 5.56 Å². The van der Waals surface area contributed by atoms with E-state index in [0.717, 1.165) is 46.1 Å². The number of aromatic nitrogens is 6. The molecule has 0 saturated heterocycles. The average Bonchev–Trinajstić information content (AvgIpc) is 3.47. The minimum Gasteiger partial charge on any atom is -0.317 e. The van der Waals surface area contributed by atoms with Crippen LogP contribution in [0.1, 0.15) is 22.4 Å². The van der Waals surface area contributed by atoms with Crippen LogP contribution in [0.3, 0.4) is 0 Å². The number of rotatable bonds is 4. The first-order valence-corrected chi connectivity index (χ1v) is 11.0. The highest BCUT2D eigenvalue weighted by Crippen LogP contribution is 2.24. The largest absolute Gasteiger partial charge is 0.317 e. The zero-order valence-corrected chi connectivity index (χ0v) is 18.3. The van der Waals surface area contributed by atoms with Gasteiger partial charge >= 0.3 is 0 Å². The lowest BCUT2D eigenvalue weighted by atomic mass is 10.1. The van der Waals surface area contributed by atoms with E-state index in [1.807, 2.05) is 69.4 Å². The first-order valence-electron chi connectivity index (χ1n) is 11.0. The molecule has 0 aliphatic carbocycles. The van der Waals surface area contributed by atoms with Crippen molar-refractivity contribution in [1.29, 1.82) is 0 Å². The first kappa shape index (κ1) is 19.6. The van der Waals surface area contributed by atoms with Gasteiger partial charge in [0.05, 0.1) is 17.6 Å². The van der Waals surface area contributed by atoms with Gasteiger partial charge in [-0.2, -0.15) is 5.10 Å². The summed E-state index contributed by atoms with van der Waals surface area (Å²) < 4.78 is 5.63. The van der Waals surface area contributed by atoms with Crippen molar-refractivity contribution in [3.63, 3.8) is 0 Å². The zero-order chi connectivity index (χ0) is 22.4. The first-order chi connectivity index (χ1) is 16.2. The second-order valence-corrected chi connectivity index (χ2v) is 8.37. The van der Waals surface area contributed by atoms with E-state index < -0.39 is 0 Å². The standard InChI is InChI=1S/C25H23N7O/c1-30-16-27-29-23(30)18-7-9-20(10-8-18)31-24-19(13-17-5-3-2-4-6-17)14-28-32(24)22-15-26-12-11-21(22)25(31)33/h2-10,14,16,26H,11-13,15H2,1H3. The van der Waals surface area contributed by atoms with Gasteiger partial charge in [0.2, 0.25) is 0 Å². The third-order valence-corrected chi connectivity index (χ3v) is 6.27. The number of benzene rings is 2. The highest BCUT2D eigenvalue weighted by atomic mass is 16.1. The number of nitrogens with zero attached hydrogens (tertiary/aromatic N) is 6. The van der Waals surface area contributed by atoms with Crippen LogP contribution in [-0.4, -0.2) is 35.5 Å². The lowest BCUT2D eigenvalue weighted by Crippen LogP contribution is -2.35. The SMILES string of the molecule is Cn1cnnc1-c1ccc(-n2c(=O)c3c(n4ncc(Cc5ccccc5)c24)CNCC3)cc1. The number of nitrogens with one attached hydrogen (secondary N) is 1. The second kappa shape index (κ2) is 7.83. The summed E-state index contributed by atoms with van der Waals surface area (Å²) in [4.78, 5) is 13.8. The van der Waals surface area contributed by atoms with Crippen LogP contribution in [0.5, 0.6) is 0 Å². The van der Waals surface area contributed by atoms with Crippen molar-refractivity contribution in [1.82, 2.24) is 34.3 Å². The molecule has 1 aliphatic rings. The minimum atomic E-state index is 0.0280. The van der Waals surface area contributed by atoms with Gasteiger partial charge in [-0.15, -0.1) is 10.2 Å². The molecule has 0 atom stereocenters. The van der Waals surface area contributed by atoms with E-state index in [9.17, 15) is 4.79 Å². The van der Waals surface area contributed by atoms with E-state index in [2.05, 4.69) is 27.6 Å². The summed E-state index contributed by atoms with van der Waals surface area (Å²) in [7, 11) is 1.91. The fourth-order valence-corrected chi connectivity index (χ4v) is 4.63. The minimum absolute atomic E-state index is 0.0280. The molecular formula is C25H23N7O. The Kier molecular flexibility index (Phi) is 4.66. The van der Waals surface area contributed by atoms with Crippen LogP contribution in [0.4, 0.5) is 0 Å². The highest BCUT2D eigenvalue weighted by molar-refractivity contribution is 5.61. The predicted molar refractivity (Wildman–Crippen MR) is 125 cm³/mol. The van der Waals surface area contributed by atoms with Crippen molar-refractivity contribution in [2.24, 2.45) is 7.05 Å². The van der Waals surface area contributed by atoms with Crippen LogP contribution in [0, 0.1) is 0 Å². The molecule has 0 saturated carbocycles. The van der Waals surface area contributed by atoms with E-state index >= 15 is 0 Å². The van der Waals surface area contributed by atoms with Gasteiger partial charge in [-0.05, 0) is 42.8 Å². The van der Waals surface area contributed by atoms with Gasteiger partial charge < -0.3 is 9.88 Å². The summed E-state index contributed by atoms with van der Waals surface area (Å²) in [6, 6.07) is 18.2. The van der Waals surface area contributed by atoms with E-state index in [-0.39, 0.29) is 5.56 Å². The normalized spacial score (nSPS) is 13.4. The van der Waals surface area contributed by atoms with Crippen molar-refractivity contribution in [3.05, 3.63) is 99.9 Å². The number of hydrogen-bond donors (Lipinski definition) is 1. The number of fused-ring (bicyclic) bond motifs is 3. The van der Waals surface area contributed by atoms with E-state index in [1.54, 1.807) is 6.33 Å². The molecule has 6 rings (SSSR count). The number of aryl methyl sites for hydroxylation is 1. The van der Waals surface area contributed by atoms with Crippen LogP contribution < -0.4 is 10.9 Å². The molecule has 8 heteroatoms. The summed E-state index contributed by atoms with van der Waals surface area (Å²) in [5.74, 6) is 0.782. The van der Waals surface area contributed by atoms with Crippen LogP contribution in [0.15, 0.2) is 71.9 Å². The molecule has 33 heavy (non-hydrogen) atoms. The Bertz CT molecular complexity index is 1510. The van der Waals surface area contributed by atoms with Gasteiger partial charge in [0.15, 0.2) is 5.82 Å². The molecule has 5 aromatic rings. The molecule has 164 valence electrons. The Hall–Kier alpha value is -4.04. The summed E-state index contributed by atoms with van der Waals surface area (Å²) in [6.07, 6.45) is 4.96. The molecule has 0 spiro atoms. The maximum atomic E-state index is 13.8. The number of hydrogen-bond acceptors (Lipinski definition) is 5. The summed E-state index contributed by atoms with van der Waals surface area (Å²) in [5, 5.41) is 16.3. The van der Waals surface area contributed by atoms with Gasteiger partial charge in [-0.1, -0.05) is 30.3 Å². The van der Waals surface area contributed by atoms with E-state index in [1.165, 1.54) is 5.56 Å². The van der Waals surface area contributed by atoms with E-state index in [4.69, 9.17) is 5.10 Å². The van der Waals surface area contributed by atoms with Gasteiger partial charge in [-0.25, -0.2) is 4.52 Å². The Morgan fingerprint density at radius 1 is 1.06 bits per heavy atom. The lowest BCUT2D eigenvalue weighted by Gasteiger charge is -2.21. The topological polar surface area (TPSA) is 82.0 Å². The summed E-state index contributed by atoms with van der Waals surface area (Å²) >= 11 is 0. The second-order valence-electron chi connectivity index (χ2n) is 8.37. The molecule has 3 aromatic heterocycles. The lowest BCUT2D eigenvalue weighted by molar-refractivity contribution is 0.595. The molecule has 0 bridgehead atoms. The smallest absolute Gasteiger partial charge is 0.261 e. The van der Waals surface area contributed by atoms with Crippen LogP contribution in [-0.2, 0) is 26.4 Å². The zero-order valence-electron chi connectivity index (χ0n) is 18.3. The fourth-order valence-electron chi connectivity index (χ4n) is 4.63. The van der Waals surface area contributed by atoms with Crippen LogP contribution in [0.2, 0.25) is 0 Å². The highest BCUT2D eigenvalue weighted by Gasteiger charge is 2.23. The van der Waals surface area contributed by atoms with Gasteiger partial charge in [0.1, 0.15) is 12.0 Å². The van der Waals surface area contributed by atoms with Crippen molar-refractivity contribution in [2.45, 2.75) is 19.4 Å². The molecule has 0 unspecified atom stereocenters. The Labute approximate surface area is 190 Å². The Balaban J connectivity index is 1.56. The molecule has 1 aliphatic heterocycles. The van der Waals surface area contributed by atoms with Crippen molar-refractivity contribution in [2.75, 3.05) is 6.54 Å². The molecule has 0 fully saturated rings. The maximum Gasteiger partial charge on any atom is 0.261 e. The van der Waals surface area contributed by atoms with Crippen LogP contribution in [0.25, 0.3) is 22.7 Å². The van der Waals surface area contributed by atoms with Crippen LogP contribution >= 0.6 is 0 Å². The molecule has 4 heterocycles. The third kappa shape index (κ3) is 3.27. The monoisotopic (exact) mass is 437 g/mol. The van der Waals surface area contributed by atoms with Gasteiger partial charge in [0, 0.05) is 36.7 Å².